The molecule has 2 fully saturated rings. The molecule has 4 atom stereocenters. The summed E-state index contributed by atoms with van der Waals surface area (Å²) < 4.78 is 79.5. The summed E-state index contributed by atoms with van der Waals surface area (Å²) in [5.41, 5.74) is -1.25. The molecule has 0 bridgehead atoms. The number of aliphatic hydroxyl groups excluding tert-OH is 1. The highest BCUT2D eigenvalue weighted by atomic mass is 19.4. The van der Waals surface area contributed by atoms with E-state index in [1.54, 1.807) is 6.07 Å². The van der Waals surface area contributed by atoms with Crippen molar-refractivity contribution in [3.8, 4) is 11.1 Å². The van der Waals surface area contributed by atoms with Gasteiger partial charge >= 0.3 is 12.4 Å². The van der Waals surface area contributed by atoms with E-state index in [0.29, 0.717) is 18.7 Å². The number of piperidine rings is 1. The van der Waals surface area contributed by atoms with E-state index in [-0.39, 0.29) is 41.1 Å². The van der Waals surface area contributed by atoms with Crippen LogP contribution in [0.1, 0.15) is 33.1 Å². The Labute approximate surface area is 225 Å². The van der Waals surface area contributed by atoms with Gasteiger partial charge in [0.2, 0.25) is 5.91 Å². The largest absolute Gasteiger partial charge is 0.416 e. The quantitative estimate of drug-likeness (QED) is 0.387. The van der Waals surface area contributed by atoms with Crippen molar-refractivity contribution in [2.24, 2.45) is 17.8 Å². The Balaban J connectivity index is 1.45. The van der Waals surface area contributed by atoms with Crippen LogP contribution in [0.2, 0.25) is 0 Å². The highest BCUT2D eigenvalue weighted by molar-refractivity contribution is 6.03. The number of carbonyl (C=O) groups is 2. The fourth-order valence-electron chi connectivity index (χ4n) is 5.45. The molecule has 1 saturated heterocycles. The van der Waals surface area contributed by atoms with Crippen LogP contribution in [0.15, 0.2) is 72.8 Å². The summed E-state index contributed by atoms with van der Waals surface area (Å²) in [5.74, 6) is -1.06. The Hall–Kier alpha value is -3.86. The maximum atomic E-state index is 13.6. The van der Waals surface area contributed by atoms with Crippen molar-refractivity contribution in [1.82, 2.24) is 10.2 Å². The second kappa shape index (κ2) is 10.3. The predicted molar refractivity (Wildman–Crippen MR) is 133 cm³/mol. The molecule has 1 saturated carbocycles. The first kappa shape index (κ1) is 27.7. The normalized spacial score (nSPS) is 21.1. The Morgan fingerprint density at radius 3 is 2.08 bits per heavy atom. The first-order chi connectivity index (χ1) is 18.9. The smallest absolute Gasteiger partial charge is 0.396 e. The fourth-order valence-corrected chi connectivity index (χ4v) is 5.45. The molecule has 40 heavy (non-hydrogen) atoms. The number of benzene rings is 3. The molecule has 5 nitrogen and oxygen atoms in total. The highest BCUT2D eigenvalue weighted by Crippen LogP contribution is 2.51. The lowest BCUT2D eigenvalue weighted by Crippen LogP contribution is -2.43. The van der Waals surface area contributed by atoms with E-state index < -0.39 is 41.3 Å². The average Bonchev–Trinajstić information content (AvgIpc) is 3.40. The first-order valence-electron chi connectivity index (χ1n) is 12.5. The van der Waals surface area contributed by atoms with Gasteiger partial charge in [-0.25, -0.2) is 0 Å². The standard InChI is InChI=1S/C29H24F6N2O3/c30-28(31,32)18-10-8-16(9-11-18)20-6-1-2-7-21(20)26(39)36-25(17-4-3-5-19(12-17)29(33,34)35)27(40)37-13-22-23(14-37)24(22)15-38/h1-12,22-25,38H,13-15H2,(H,36,39)/t22-,23+,24?,25-/m0/s1. The number of aliphatic hydroxyl groups is 1. The summed E-state index contributed by atoms with van der Waals surface area (Å²) in [6, 6.07) is 13.0. The van der Waals surface area contributed by atoms with Gasteiger partial charge in [0.15, 0.2) is 0 Å². The van der Waals surface area contributed by atoms with Crippen molar-refractivity contribution in [1.29, 1.82) is 0 Å². The van der Waals surface area contributed by atoms with Crippen LogP contribution in [-0.2, 0) is 17.1 Å². The van der Waals surface area contributed by atoms with Gasteiger partial charge in [-0.1, -0.05) is 42.5 Å². The number of fused-ring (bicyclic) bond motifs is 1. The number of likely N-dealkylation sites (tertiary alicyclic amines) is 1. The molecule has 210 valence electrons. The highest BCUT2D eigenvalue weighted by Gasteiger charge is 2.56. The first-order valence-corrected chi connectivity index (χ1v) is 12.5. The molecular weight excluding hydrogens is 538 g/mol. The van der Waals surface area contributed by atoms with Crippen LogP contribution in [0.3, 0.4) is 0 Å². The Bertz CT molecular complexity index is 1410. The summed E-state index contributed by atoms with van der Waals surface area (Å²) in [7, 11) is 0. The minimum Gasteiger partial charge on any atom is -0.396 e. The molecule has 1 unspecified atom stereocenters. The molecule has 1 aliphatic heterocycles. The molecule has 2 N–H and O–H groups in total. The molecule has 5 rings (SSSR count). The molecule has 0 aromatic heterocycles. The Morgan fingerprint density at radius 1 is 0.850 bits per heavy atom. The second-order valence-corrected chi connectivity index (χ2v) is 10.1. The minimum absolute atomic E-state index is 0.00805. The lowest BCUT2D eigenvalue weighted by atomic mass is 9.97. The van der Waals surface area contributed by atoms with Crippen LogP contribution in [0, 0.1) is 17.8 Å². The van der Waals surface area contributed by atoms with Gasteiger partial charge in [0, 0.05) is 25.3 Å². The van der Waals surface area contributed by atoms with Crippen LogP contribution in [0.4, 0.5) is 26.3 Å². The summed E-state index contributed by atoms with van der Waals surface area (Å²) in [4.78, 5) is 28.6. The van der Waals surface area contributed by atoms with Crippen LogP contribution in [0.5, 0.6) is 0 Å². The zero-order chi connectivity index (χ0) is 28.8. The third kappa shape index (κ3) is 5.42. The monoisotopic (exact) mass is 562 g/mol. The molecule has 1 heterocycles. The third-order valence-corrected chi connectivity index (χ3v) is 7.66. The zero-order valence-electron chi connectivity index (χ0n) is 20.8. The molecule has 11 heteroatoms. The van der Waals surface area contributed by atoms with E-state index in [0.717, 1.165) is 30.3 Å². The van der Waals surface area contributed by atoms with Crippen LogP contribution >= 0.6 is 0 Å². The fraction of sp³-hybridized carbons (Fsp3) is 0.310. The van der Waals surface area contributed by atoms with Crippen molar-refractivity contribution >= 4 is 11.8 Å². The summed E-state index contributed by atoms with van der Waals surface area (Å²) in [6.45, 7) is 0.635. The molecule has 2 amide bonds. The van der Waals surface area contributed by atoms with Crippen LogP contribution < -0.4 is 5.32 Å². The van der Waals surface area contributed by atoms with Gasteiger partial charge in [0.25, 0.3) is 5.91 Å². The Morgan fingerprint density at radius 2 is 1.48 bits per heavy atom. The maximum absolute atomic E-state index is 13.6. The molecule has 2 aliphatic rings. The lowest BCUT2D eigenvalue weighted by Gasteiger charge is -2.27. The zero-order valence-corrected chi connectivity index (χ0v) is 20.8. The van der Waals surface area contributed by atoms with E-state index in [2.05, 4.69) is 5.32 Å². The SMILES string of the molecule is O=C(N[C@H](C(=O)N1C[C@@H]2C(CO)[C@@H]2C1)c1cccc(C(F)(F)F)c1)c1ccccc1-c1ccc(C(F)(F)F)cc1. The Kier molecular flexibility index (Phi) is 7.11. The second-order valence-electron chi connectivity index (χ2n) is 10.1. The van der Waals surface area contributed by atoms with Crippen molar-refractivity contribution in [2.75, 3.05) is 19.7 Å². The van der Waals surface area contributed by atoms with Crippen molar-refractivity contribution in [3.05, 3.63) is 95.1 Å². The van der Waals surface area contributed by atoms with Crippen molar-refractivity contribution in [2.45, 2.75) is 18.4 Å². The number of nitrogens with one attached hydrogen (secondary N) is 1. The van der Waals surface area contributed by atoms with E-state index >= 15 is 0 Å². The van der Waals surface area contributed by atoms with Gasteiger partial charge in [0.1, 0.15) is 6.04 Å². The van der Waals surface area contributed by atoms with Gasteiger partial charge in [-0.05, 0) is 64.8 Å². The minimum atomic E-state index is -4.67. The number of rotatable bonds is 6. The van der Waals surface area contributed by atoms with E-state index in [4.69, 9.17) is 0 Å². The van der Waals surface area contributed by atoms with Crippen LogP contribution in [0.25, 0.3) is 11.1 Å². The van der Waals surface area contributed by atoms with Crippen molar-refractivity contribution < 1.29 is 41.0 Å². The van der Waals surface area contributed by atoms with Gasteiger partial charge in [-0.3, -0.25) is 9.59 Å². The summed E-state index contributed by atoms with van der Waals surface area (Å²) in [5, 5.41) is 12.0. The number of halogens is 6. The topological polar surface area (TPSA) is 69.6 Å². The average molecular weight is 563 g/mol. The van der Waals surface area contributed by atoms with Crippen LogP contribution in [-0.4, -0.2) is 41.5 Å². The van der Waals surface area contributed by atoms with Crippen molar-refractivity contribution in [3.63, 3.8) is 0 Å². The number of amides is 2. The van der Waals surface area contributed by atoms with Gasteiger partial charge in [-0.15, -0.1) is 0 Å². The molecule has 0 radical (unpaired) electrons. The molecular formula is C29H24F6N2O3. The lowest BCUT2D eigenvalue weighted by molar-refractivity contribution is -0.138. The van der Waals surface area contributed by atoms with Gasteiger partial charge in [-0.2, -0.15) is 26.3 Å². The molecule has 3 aromatic carbocycles. The number of alkyl halides is 6. The number of nitrogens with zero attached hydrogens (tertiary/aromatic N) is 1. The predicted octanol–water partition coefficient (Wildman–Crippen LogP) is 5.56. The van der Waals surface area contributed by atoms with Gasteiger partial charge in [0.05, 0.1) is 11.1 Å². The number of carbonyl (C=O) groups excluding carboxylic acids is 2. The maximum Gasteiger partial charge on any atom is 0.416 e. The molecule has 3 aromatic rings. The summed E-state index contributed by atoms with van der Waals surface area (Å²) in [6.07, 6.45) is -9.21. The van der Waals surface area contributed by atoms with E-state index in [9.17, 15) is 41.0 Å². The number of hydrogen-bond donors (Lipinski definition) is 2. The molecule has 1 aliphatic carbocycles. The van der Waals surface area contributed by atoms with E-state index in [1.165, 1.54) is 41.3 Å². The third-order valence-electron chi connectivity index (χ3n) is 7.66. The molecule has 0 spiro atoms. The van der Waals surface area contributed by atoms with Gasteiger partial charge < -0.3 is 15.3 Å². The summed E-state index contributed by atoms with van der Waals surface area (Å²) >= 11 is 0. The van der Waals surface area contributed by atoms with E-state index in [1.807, 2.05) is 0 Å². The number of hydrogen-bond acceptors (Lipinski definition) is 3.